The third kappa shape index (κ3) is 8.02. The number of carbonyl (C=O) groups is 2. The standard InChI is InChI=1S/C36H34N2O3S/c1-2-9-35(39)41-32-19-23-34(24-20-32)42-33-21-17-31(18-22-33)38(25-8-12-27-10-4-3-5-11-27)36(40)37-30-16-15-28-13-6-7-14-29(28)26-30/h3-7,10-11,13-24,26H,2,8-9,12,25H2,1H3,(H,37,40). The monoisotopic (exact) mass is 574 g/mol. The lowest BCUT2D eigenvalue weighted by molar-refractivity contribution is -0.134. The number of hydrogen-bond acceptors (Lipinski definition) is 4. The molecular weight excluding hydrogens is 540 g/mol. The van der Waals surface area contributed by atoms with E-state index >= 15 is 0 Å². The van der Waals surface area contributed by atoms with Gasteiger partial charge in [0.1, 0.15) is 5.75 Å². The summed E-state index contributed by atoms with van der Waals surface area (Å²) in [6.07, 6.45) is 2.89. The van der Waals surface area contributed by atoms with Crippen molar-refractivity contribution in [1.29, 1.82) is 0 Å². The molecule has 212 valence electrons. The quantitative estimate of drug-likeness (QED) is 0.126. The van der Waals surface area contributed by atoms with Crippen molar-refractivity contribution in [1.82, 2.24) is 0 Å². The Morgan fingerprint density at radius 2 is 1.43 bits per heavy atom. The van der Waals surface area contributed by atoms with Crippen LogP contribution in [0.5, 0.6) is 5.75 Å². The fraction of sp³-hybridized carbons (Fsp3) is 0.167. The highest BCUT2D eigenvalue weighted by Gasteiger charge is 2.16. The number of aryl methyl sites for hydroxylation is 1. The molecule has 5 aromatic carbocycles. The summed E-state index contributed by atoms with van der Waals surface area (Å²) < 4.78 is 5.36. The first-order chi connectivity index (χ1) is 20.6. The number of fused-ring (bicyclic) bond motifs is 1. The molecule has 0 bridgehead atoms. The molecule has 0 atom stereocenters. The van der Waals surface area contributed by atoms with Crippen molar-refractivity contribution in [3.63, 3.8) is 0 Å². The first-order valence-electron chi connectivity index (χ1n) is 14.3. The Morgan fingerprint density at radius 3 is 2.14 bits per heavy atom. The lowest BCUT2D eigenvalue weighted by Crippen LogP contribution is -2.36. The molecule has 0 spiro atoms. The second kappa shape index (κ2) is 14.4. The molecule has 0 saturated carbocycles. The Bertz CT molecular complexity index is 1620. The number of rotatable bonds is 11. The topological polar surface area (TPSA) is 58.6 Å². The van der Waals surface area contributed by atoms with Crippen molar-refractivity contribution < 1.29 is 14.3 Å². The summed E-state index contributed by atoms with van der Waals surface area (Å²) in [4.78, 5) is 29.2. The molecule has 0 aliphatic carbocycles. The van der Waals surface area contributed by atoms with Crippen molar-refractivity contribution in [2.24, 2.45) is 0 Å². The van der Waals surface area contributed by atoms with E-state index in [-0.39, 0.29) is 12.0 Å². The number of esters is 1. The lowest BCUT2D eigenvalue weighted by atomic mass is 10.1. The Kier molecular flexibility index (Phi) is 9.91. The summed E-state index contributed by atoms with van der Waals surface area (Å²) in [5, 5.41) is 5.33. The minimum Gasteiger partial charge on any atom is -0.427 e. The summed E-state index contributed by atoms with van der Waals surface area (Å²) in [6, 6.07) is 39.8. The van der Waals surface area contributed by atoms with Gasteiger partial charge in [0, 0.05) is 34.1 Å². The Balaban J connectivity index is 1.28. The van der Waals surface area contributed by atoms with Crippen LogP contribution >= 0.6 is 11.8 Å². The van der Waals surface area contributed by atoms with E-state index in [4.69, 9.17) is 4.74 Å². The molecule has 1 N–H and O–H groups in total. The summed E-state index contributed by atoms with van der Waals surface area (Å²) in [6.45, 7) is 2.53. The number of nitrogens with zero attached hydrogens (tertiary/aromatic N) is 1. The second-order valence-corrected chi connectivity index (χ2v) is 11.2. The summed E-state index contributed by atoms with van der Waals surface area (Å²) in [5.74, 6) is 0.336. The molecule has 0 saturated heterocycles. The molecule has 0 heterocycles. The molecule has 6 heteroatoms. The van der Waals surface area contributed by atoms with Crippen LogP contribution in [0.25, 0.3) is 10.8 Å². The van der Waals surface area contributed by atoms with Gasteiger partial charge in [-0.3, -0.25) is 9.69 Å². The predicted octanol–water partition coefficient (Wildman–Crippen LogP) is 9.37. The van der Waals surface area contributed by atoms with Crippen LogP contribution in [0.4, 0.5) is 16.2 Å². The number of anilines is 2. The number of nitrogens with one attached hydrogen (secondary N) is 1. The van der Waals surface area contributed by atoms with E-state index in [2.05, 4.69) is 23.5 Å². The third-order valence-electron chi connectivity index (χ3n) is 6.83. The molecule has 0 aliphatic rings. The molecule has 2 amide bonds. The van der Waals surface area contributed by atoms with Crippen LogP contribution in [0.1, 0.15) is 31.7 Å². The first kappa shape index (κ1) is 29.0. The lowest BCUT2D eigenvalue weighted by Gasteiger charge is -2.24. The molecule has 5 nitrogen and oxygen atoms in total. The number of carbonyl (C=O) groups excluding carboxylic acids is 2. The average Bonchev–Trinajstić information content (AvgIpc) is 3.01. The van der Waals surface area contributed by atoms with Gasteiger partial charge in [-0.15, -0.1) is 0 Å². The largest absolute Gasteiger partial charge is 0.427 e. The van der Waals surface area contributed by atoms with E-state index in [1.165, 1.54) is 5.56 Å². The van der Waals surface area contributed by atoms with Gasteiger partial charge < -0.3 is 10.1 Å². The number of ether oxygens (including phenoxy) is 1. The predicted molar refractivity (Wildman–Crippen MR) is 173 cm³/mol. The number of benzene rings is 5. The van der Waals surface area contributed by atoms with E-state index in [1.54, 1.807) is 11.8 Å². The van der Waals surface area contributed by atoms with E-state index < -0.39 is 0 Å². The molecule has 0 aromatic heterocycles. The molecule has 0 aliphatic heterocycles. The SMILES string of the molecule is CCCC(=O)Oc1ccc(Sc2ccc(N(CCCc3ccccc3)C(=O)Nc3ccc4ccccc4c3)cc2)cc1. The van der Waals surface area contributed by atoms with Gasteiger partial charge in [-0.05, 0) is 96.3 Å². The van der Waals surface area contributed by atoms with Crippen LogP contribution < -0.4 is 15.0 Å². The number of amides is 2. The molecule has 0 unspecified atom stereocenters. The molecule has 0 radical (unpaired) electrons. The van der Waals surface area contributed by atoms with Crippen LogP contribution in [0, 0.1) is 0 Å². The summed E-state index contributed by atoms with van der Waals surface area (Å²) in [5.41, 5.74) is 2.86. The van der Waals surface area contributed by atoms with Crippen LogP contribution in [0.2, 0.25) is 0 Å². The normalized spacial score (nSPS) is 10.8. The zero-order chi connectivity index (χ0) is 29.1. The maximum Gasteiger partial charge on any atom is 0.326 e. The first-order valence-corrected chi connectivity index (χ1v) is 15.1. The van der Waals surface area contributed by atoms with Crippen molar-refractivity contribution in [3.05, 3.63) is 127 Å². The maximum absolute atomic E-state index is 13.6. The number of urea groups is 1. The van der Waals surface area contributed by atoms with Gasteiger partial charge in [-0.25, -0.2) is 4.79 Å². The smallest absolute Gasteiger partial charge is 0.326 e. The highest BCUT2D eigenvalue weighted by atomic mass is 32.2. The van der Waals surface area contributed by atoms with Crippen molar-refractivity contribution in [2.75, 3.05) is 16.8 Å². The second-order valence-electron chi connectivity index (χ2n) is 10.0. The van der Waals surface area contributed by atoms with Gasteiger partial charge in [0.25, 0.3) is 0 Å². The van der Waals surface area contributed by atoms with E-state index in [0.29, 0.717) is 18.7 Å². The Labute approximate surface area is 251 Å². The van der Waals surface area contributed by atoms with E-state index in [9.17, 15) is 9.59 Å². The Morgan fingerprint density at radius 1 is 0.762 bits per heavy atom. The van der Waals surface area contributed by atoms with E-state index in [1.807, 2.05) is 115 Å². The molecule has 5 rings (SSSR count). The van der Waals surface area contributed by atoms with Crippen LogP contribution in [0.15, 0.2) is 131 Å². The van der Waals surface area contributed by atoms with E-state index in [0.717, 1.165) is 51.2 Å². The minimum atomic E-state index is -0.216. The summed E-state index contributed by atoms with van der Waals surface area (Å²) >= 11 is 1.61. The zero-order valence-corrected chi connectivity index (χ0v) is 24.5. The van der Waals surface area contributed by atoms with Crippen LogP contribution in [0.3, 0.4) is 0 Å². The van der Waals surface area contributed by atoms with Gasteiger partial charge >= 0.3 is 12.0 Å². The van der Waals surface area contributed by atoms with Crippen LogP contribution in [-0.4, -0.2) is 18.5 Å². The molecule has 0 fully saturated rings. The fourth-order valence-electron chi connectivity index (χ4n) is 4.68. The van der Waals surface area contributed by atoms with Gasteiger partial charge in [-0.1, -0.05) is 79.3 Å². The van der Waals surface area contributed by atoms with Crippen molar-refractivity contribution in [2.45, 2.75) is 42.4 Å². The van der Waals surface area contributed by atoms with Gasteiger partial charge in [0.2, 0.25) is 0 Å². The fourth-order valence-corrected chi connectivity index (χ4v) is 5.50. The highest BCUT2D eigenvalue weighted by molar-refractivity contribution is 7.99. The Hall–Kier alpha value is -4.55. The molecular formula is C36H34N2O3S. The highest BCUT2D eigenvalue weighted by Crippen LogP contribution is 2.31. The van der Waals surface area contributed by atoms with Gasteiger partial charge in [0.15, 0.2) is 0 Å². The van der Waals surface area contributed by atoms with Crippen LogP contribution in [-0.2, 0) is 11.2 Å². The third-order valence-corrected chi connectivity index (χ3v) is 7.85. The zero-order valence-electron chi connectivity index (χ0n) is 23.7. The molecule has 42 heavy (non-hydrogen) atoms. The maximum atomic E-state index is 13.6. The van der Waals surface area contributed by atoms with Crippen molar-refractivity contribution >= 4 is 45.9 Å². The van der Waals surface area contributed by atoms with Gasteiger partial charge in [-0.2, -0.15) is 0 Å². The molecule has 5 aromatic rings. The summed E-state index contributed by atoms with van der Waals surface area (Å²) in [7, 11) is 0. The number of hydrogen-bond donors (Lipinski definition) is 1. The minimum absolute atomic E-state index is 0.160. The average molecular weight is 575 g/mol. The van der Waals surface area contributed by atoms with Crippen molar-refractivity contribution in [3.8, 4) is 5.75 Å². The van der Waals surface area contributed by atoms with Gasteiger partial charge in [0.05, 0.1) is 0 Å².